The minimum atomic E-state index is -0.548. The van der Waals surface area contributed by atoms with Gasteiger partial charge in [0.05, 0.1) is 5.56 Å². The summed E-state index contributed by atoms with van der Waals surface area (Å²) in [6.45, 7) is 4.97. The number of rotatable bonds is 5. The van der Waals surface area contributed by atoms with E-state index in [1.165, 1.54) is 12.1 Å². The molecule has 0 saturated carbocycles. The number of aryl methyl sites for hydroxylation is 1. The maximum Gasteiger partial charge on any atom is 0.258 e. The minimum Gasteiger partial charge on any atom is -0.322 e. The Morgan fingerprint density at radius 2 is 1.96 bits per heavy atom. The number of hydrogen-bond donors (Lipinski definition) is 1. The molecular weight excluding hydrogens is 331 g/mol. The summed E-state index contributed by atoms with van der Waals surface area (Å²) in [7, 11) is 0. The highest BCUT2D eigenvalue weighted by Crippen LogP contribution is 2.31. The summed E-state index contributed by atoms with van der Waals surface area (Å²) in [6, 6.07) is 11.4. The van der Waals surface area contributed by atoms with E-state index in [0.717, 1.165) is 17.7 Å². The third-order valence-electron chi connectivity index (χ3n) is 4.59. The summed E-state index contributed by atoms with van der Waals surface area (Å²) in [5, 5.41) is 2.74. The number of fused-ring (bicyclic) bond motifs is 1. The highest BCUT2D eigenvalue weighted by Gasteiger charge is 2.24. The Bertz CT molecular complexity index is 833. The molecule has 0 aliphatic carbocycles. The van der Waals surface area contributed by atoms with Gasteiger partial charge in [-0.2, -0.15) is 0 Å². The first-order valence-electron chi connectivity index (χ1n) is 8.95. The van der Waals surface area contributed by atoms with Crippen LogP contribution in [0.1, 0.15) is 42.6 Å². The van der Waals surface area contributed by atoms with E-state index >= 15 is 0 Å². The standard InChI is InChI=1S/C21H23FN2O2/c1-14(2)11-12-24-19-9-8-16(13-15(19)7-10-20(24)25)23-21(26)17-5-3-4-6-18(17)22/h3-6,8-9,13-14H,7,10-12H2,1-2H3,(H,23,26). The number of nitrogens with one attached hydrogen (secondary N) is 1. The van der Waals surface area contributed by atoms with E-state index in [9.17, 15) is 14.0 Å². The van der Waals surface area contributed by atoms with Gasteiger partial charge >= 0.3 is 0 Å². The van der Waals surface area contributed by atoms with Gasteiger partial charge in [0.15, 0.2) is 0 Å². The summed E-state index contributed by atoms with van der Waals surface area (Å²) < 4.78 is 13.8. The van der Waals surface area contributed by atoms with Crippen LogP contribution in [0.5, 0.6) is 0 Å². The Labute approximate surface area is 153 Å². The zero-order valence-electron chi connectivity index (χ0n) is 15.1. The molecule has 1 N–H and O–H groups in total. The monoisotopic (exact) mass is 354 g/mol. The van der Waals surface area contributed by atoms with Crippen molar-refractivity contribution in [2.24, 2.45) is 5.92 Å². The van der Waals surface area contributed by atoms with Crippen molar-refractivity contribution in [2.75, 3.05) is 16.8 Å². The van der Waals surface area contributed by atoms with E-state index in [4.69, 9.17) is 0 Å². The Hall–Kier alpha value is -2.69. The molecule has 0 aromatic heterocycles. The topological polar surface area (TPSA) is 49.4 Å². The Balaban J connectivity index is 1.79. The lowest BCUT2D eigenvalue weighted by Crippen LogP contribution is -2.36. The summed E-state index contributed by atoms with van der Waals surface area (Å²) in [6.07, 6.45) is 2.06. The fourth-order valence-corrected chi connectivity index (χ4v) is 3.11. The van der Waals surface area contributed by atoms with Crippen molar-refractivity contribution >= 4 is 23.2 Å². The van der Waals surface area contributed by atoms with Crippen LogP contribution in [0.25, 0.3) is 0 Å². The third kappa shape index (κ3) is 3.93. The molecule has 0 saturated heterocycles. The lowest BCUT2D eigenvalue weighted by atomic mass is 9.99. The maximum atomic E-state index is 13.8. The molecule has 1 aliphatic heterocycles. The number of amides is 2. The van der Waals surface area contributed by atoms with Gasteiger partial charge in [-0.15, -0.1) is 0 Å². The molecule has 0 spiro atoms. The predicted octanol–water partition coefficient (Wildman–Crippen LogP) is 4.40. The van der Waals surface area contributed by atoms with Gasteiger partial charge in [-0.1, -0.05) is 26.0 Å². The normalized spacial score (nSPS) is 13.7. The van der Waals surface area contributed by atoms with Crippen LogP contribution < -0.4 is 10.2 Å². The molecule has 5 heteroatoms. The highest BCUT2D eigenvalue weighted by atomic mass is 19.1. The fourth-order valence-electron chi connectivity index (χ4n) is 3.11. The van der Waals surface area contributed by atoms with Crippen molar-refractivity contribution in [3.8, 4) is 0 Å². The molecule has 1 heterocycles. The van der Waals surface area contributed by atoms with Crippen LogP contribution in [0, 0.1) is 11.7 Å². The van der Waals surface area contributed by atoms with E-state index in [1.807, 2.05) is 17.0 Å². The second-order valence-corrected chi connectivity index (χ2v) is 7.01. The van der Waals surface area contributed by atoms with Crippen molar-refractivity contribution in [3.05, 3.63) is 59.4 Å². The van der Waals surface area contributed by atoms with Crippen LogP contribution in [0.3, 0.4) is 0 Å². The van der Waals surface area contributed by atoms with Crippen LogP contribution in [0.2, 0.25) is 0 Å². The van der Waals surface area contributed by atoms with E-state index in [1.54, 1.807) is 18.2 Å². The number of halogens is 1. The smallest absolute Gasteiger partial charge is 0.258 e. The van der Waals surface area contributed by atoms with Gasteiger partial charge in [-0.3, -0.25) is 9.59 Å². The molecule has 0 atom stereocenters. The molecule has 0 unspecified atom stereocenters. The second-order valence-electron chi connectivity index (χ2n) is 7.01. The van der Waals surface area contributed by atoms with E-state index in [0.29, 0.717) is 31.0 Å². The lowest BCUT2D eigenvalue weighted by Gasteiger charge is -2.30. The second kappa shape index (κ2) is 7.68. The molecule has 26 heavy (non-hydrogen) atoms. The van der Waals surface area contributed by atoms with Gasteiger partial charge in [0, 0.05) is 24.3 Å². The first kappa shape index (κ1) is 18.1. The van der Waals surface area contributed by atoms with Crippen LogP contribution in [0.15, 0.2) is 42.5 Å². The molecule has 2 amide bonds. The third-order valence-corrected chi connectivity index (χ3v) is 4.59. The number of carbonyl (C=O) groups is 2. The molecule has 0 fully saturated rings. The fraction of sp³-hybridized carbons (Fsp3) is 0.333. The quantitative estimate of drug-likeness (QED) is 0.865. The summed E-state index contributed by atoms with van der Waals surface area (Å²) in [5.74, 6) is -0.367. The Morgan fingerprint density at radius 1 is 1.19 bits per heavy atom. The predicted molar refractivity (Wildman–Crippen MR) is 101 cm³/mol. The van der Waals surface area contributed by atoms with Crippen molar-refractivity contribution in [2.45, 2.75) is 33.1 Å². The van der Waals surface area contributed by atoms with Gasteiger partial charge in [0.1, 0.15) is 5.82 Å². The average Bonchev–Trinajstić information content (AvgIpc) is 2.61. The summed E-state index contributed by atoms with van der Waals surface area (Å²) in [5.41, 5.74) is 2.56. The van der Waals surface area contributed by atoms with Crippen LogP contribution in [0.4, 0.5) is 15.8 Å². The average molecular weight is 354 g/mol. The highest BCUT2D eigenvalue weighted by molar-refractivity contribution is 6.05. The number of nitrogens with zero attached hydrogens (tertiary/aromatic N) is 1. The van der Waals surface area contributed by atoms with Crippen molar-refractivity contribution < 1.29 is 14.0 Å². The lowest BCUT2D eigenvalue weighted by molar-refractivity contribution is -0.118. The molecule has 0 radical (unpaired) electrons. The van der Waals surface area contributed by atoms with Crippen LogP contribution in [-0.2, 0) is 11.2 Å². The largest absolute Gasteiger partial charge is 0.322 e. The van der Waals surface area contributed by atoms with E-state index < -0.39 is 11.7 Å². The Kier molecular flexibility index (Phi) is 5.35. The number of benzene rings is 2. The van der Waals surface area contributed by atoms with E-state index in [-0.39, 0.29) is 11.5 Å². The molecule has 2 aromatic rings. The number of anilines is 2. The summed E-state index contributed by atoms with van der Waals surface area (Å²) in [4.78, 5) is 26.4. The van der Waals surface area contributed by atoms with Crippen molar-refractivity contribution in [1.82, 2.24) is 0 Å². The van der Waals surface area contributed by atoms with Gasteiger partial charge in [-0.05, 0) is 54.7 Å². The number of carbonyl (C=O) groups excluding carboxylic acids is 2. The van der Waals surface area contributed by atoms with Crippen LogP contribution in [-0.4, -0.2) is 18.4 Å². The van der Waals surface area contributed by atoms with Gasteiger partial charge in [0.2, 0.25) is 5.91 Å². The van der Waals surface area contributed by atoms with Crippen LogP contribution >= 0.6 is 0 Å². The first-order chi connectivity index (χ1) is 12.5. The Morgan fingerprint density at radius 3 is 2.69 bits per heavy atom. The molecule has 2 aromatic carbocycles. The minimum absolute atomic E-state index is 0.0129. The van der Waals surface area contributed by atoms with E-state index in [2.05, 4.69) is 19.2 Å². The molecular formula is C21H23FN2O2. The zero-order valence-corrected chi connectivity index (χ0v) is 15.1. The zero-order chi connectivity index (χ0) is 18.7. The molecule has 1 aliphatic rings. The van der Waals surface area contributed by atoms with Crippen molar-refractivity contribution in [1.29, 1.82) is 0 Å². The van der Waals surface area contributed by atoms with Crippen molar-refractivity contribution in [3.63, 3.8) is 0 Å². The molecule has 136 valence electrons. The van der Waals surface area contributed by atoms with Gasteiger partial charge in [-0.25, -0.2) is 4.39 Å². The SMILES string of the molecule is CC(C)CCN1C(=O)CCc2cc(NC(=O)c3ccccc3F)ccc21. The van der Waals surface area contributed by atoms with Gasteiger partial charge in [0.25, 0.3) is 5.91 Å². The molecule has 3 rings (SSSR count). The maximum absolute atomic E-state index is 13.8. The first-order valence-corrected chi connectivity index (χ1v) is 8.95. The number of hydrogen-bond acceptors (Lipinski definition) is 2. The molecule has 4 nitrogen and oxygen atoms in total. The molecule has 0 bridgehead atoms. The van der Waals surface area contributed by atoms with Gasteiger partial charge < -0.3 is 10.2 Å². The summed E-state index contributed by atoms with van der Waals surface area (Å²) >= 11 is 0.